The van der Waals surface area contributed by atoms with Gasteiger partial charge in [0.15, 0.2) is 5.78 Å². The number of methoxy groups -OCH3 is 2. The Morgan fingerprint density at radius 3 is 2.52 bits per heavy atom. The second-order valence-electron chi connectivity index (χ2n) is 5.56. The van der Waals surface area contributed by atoms with Gasteiger partial charge in [0.1, 0.15) is 30.5 Å². The number of hydrogen-bond acceptors (Lipinski definition) is 5. The van der Waals surface area contributed by atoms with Crippen LogP contribution in [0.3, 0.4) is 0 Å². The van der Waals surface area contributed by atoms with Gasteiger partial charge in [-0.2, -0.15) is 0 Å². The van der Waals surface area contributed by atoms with Crippen molar-refractivity contribution in [2.24, 2.45) is 0 Å². The number of ketones is 1. The van der Waals surface area contributed by atoms with Crippen LogP contribution in [-0.4, -0.2) is 39.8 Å². The topological polar surface area (TPSA) is 54.0 Å². The number of carbonyl (C=O) groups is 1. The Morgan fingerprint density at radius 1 is 1.04 bits per heavy atom. The van der Waals surface area contributed by atoms with Crippen LogP contribution in [0.4, 0.5) is 0 Å². The zero-order valence-corrected chi connectivity index (χ0v) is 14.3. The fourth-order valence-electron chi connectivity index (χ4n) is 2.54. The van der Waals surface area contributed by atoms with Crippen LogP contribution in [0.5, 0.6) is 17.2 Å². The summed E-state index contributed by atoms with van der Waals surface area (Å²) in [5.74, 6) is 1.94. The molecule has 0 saturated carbocycles. The monoisotopic (exact) mass is 340 g/mol. The molecule has 1 aliphatic rings. The zero-order chi connectivity index (χ0) is 17.6. The van der Waals surface area contributed by atoms with Gasteiger partial charge in [-0.3, -0.25) is 4.79 Å². The van der Waals surface area contributed by atoms with E-state index in [4.69, 9.17) is 18.9 Å². The van der Waals surface area contributed by atoms with Gasteiger partial charge >= 0.3 is 0 Å². The van der Waals surface area contributed by atoms with E-state index in [1.165, 1.54) is 0 Å². The lowest BCUT2D eigenvalue weighted by atomic mass is 9.98. The maximum atomic E-state index is 12.7. The lowest BCUT2D eigenvalue weighted by molar-refractivity contribution is 0.100. The van der Waals surface area contributed by atoms with Gasteiger partial charge in [-0.05, 0) is 42.0 Å². The van der Waals surface area contributed by atoms with Gasteiger partial charge < -0.3 is 18.9 Å². The van der Waals surface area contributed by atoms with E-state index in [-0.39, 0.29) is 12.4 Å². The van der Waals surface area contributed by atoms with Gasteiger partial charge in [0.05, 0.1) is 19.3 Å². The molecule has 130 valence electrons. The number of fused-ring (bicyclic) bond motifs is 1. The molecule has 0 fully saturated rings. The van der Waals surface area contributed by atoms with E-state index < -0.39 is 0 Å². The lowest BCUT2D eigenvalue weighted by Crippen LogP contribution is -2.19. The highest BCUT2D eigenvalue weighted by Gasteiger charge is 2.23. The Hall–Kier alpha value is -2.79. The number of carbonyl (C=O) groups excluding carboxylic acids is 1. The summed E-state index contributed by atoms with van der Waals surface area (Å²) in [6.45, 7) is 1.30. The normalized spacial score (nSPS) is 14.8. The molecule has 0 atom stereocenters. The van der Waals surface area contributed by atoms with E-state index in [2.05, 4.69) is 0 Å². The van der Waals surface area contributed by atoms with Crippen molar-refractivity contribution in [1.82, 2.24) is 0 Å². The number of rotatable bonds is 6. The van der Waals surface area contributed by atoms with Gasteiger partial charge in [-0.1, -0.05) is 12.1 Å². The number of hydrogen-bond donors (Lipinski definition) is 0. The first kappa shape index (κ1) is 17.0. The molecule has 0 unspecified atom stereocenters. The fourth-order valence-corrected chi connectivity index (χ4v) is 2.54. The van der Waals surface area contributed by atoms with Crippen LogP contribution in [0.25, 0.3) is 6.08 Å². The van der Waals surface area contributed by atoms with Crippen LogP contribution < -0.4 is 14.2 Å². The van der Waals surface area contributed by atoms with E-state index in [9.17, 15) is 4.79 Å². The minimum atomic E-state index is -0.0411. The summed E-state index contributed by atoms with van der Waals surface area (Å²) in [4.78, 5) is 12.7. The van der Waals surface area contributed by atoms with Crippen molar-refractivity contribution in [2.45, 2.75) is 0 Å². The third kappa shape index (κ3) is 4.00. The Labute approximate surface area is 146 Å². The summed E-state index contributed by atoms with van der Waals surface area (Å²) in [7, 11) is 3.21. The third-order valence-corrected chi connectivity index (χ3v) is 3.88. The van der Waals surface area contributed by atoms with Crippen LogP contribution in [0.15, 0.2) is 48.0 Å². The summed E-state index contributed by atoms with van der Waals surface area (Å²) in [6.07, 6.45) is 1.84. The van der Waals surface area contributed by atoms with E-state index in [0.717, 1.165) is 11.3 Å². The predicted molar refractivity (Wildman–Crippen MR) is 94.6 cm³/mol. The highest BCUT2D eigenvalue weighted by molar-refractivity contribution is 6.14. The quantitative estimate of drug-likeness (QED) is 0.596. The first-order valence-corrected chi connectivity index (χ1v) is 7.99. The molecule has 0 spiro atoms. The summed E-state index contributed by atoms with van der Waals surface area (Å²) < 4.78 is 21.4. The molecular weight excluding hydrogens is 320 g/mol. The van der Waals surface area contributed by atoms with Crippen molar-refractivity contribution in [1.29, 1.82) is 0 Å². The average Bonchev–Trinajstić information content (AvgIpc) is 2.65. The highest BCUT2D eigenvalue weighted by Crippen LogP contribution is 2.31. The van der Waals surface area contributed by atoms with Gasteiger partial charge in [0.25, 0.3) is 0 Å². The molecule has 0 amide bonds. The minimum absolute atomic E-state index is 0.0411. The lowest BCUT2D eigenvalue weighted by Gasteiger charge is -2.19. The van der Waals surface area contributed by atoms with Gasteiger partial charge in [0.2, 0.25) is 0 Å². The third-order valence-electron chi connectivity index (χ3n) is 3.88. The van der Waals surface area contributed by atoms with E-state index >= 15 is 0 Å². The summed E-state index contributed by atoms with van der Waals surface area (Å²) in [5, 5.41) is 0. The van der Waals surface area contributed by atoms with Crippen molar-refractivity contribution >= 4 is 11.9 Å². The van der Waals surface area contributed by atoms with E-state index in [1.807, 2.05) is 30.3 Å². The van der Waals surface area contributed by atoms with Gasteiger partial charge in [-0.25, -0.2) is 0 Å². The summed E-state index contributed by atoms with van der Waals surface area (Å²) in [5.41, 5.74) is 2.04. The molecular formula is C20H20O5. The van der Waals surface area contributed by atoms with Crippen molar-refractivity contribution in [3.8, 4) is 17.2 Å². The summed E-state index contributed by atoms with van der Waals surface area (Å²) >= 11 is 0. The molecule has 0 radical (unpaired) electrons. The standard InChI is InChI=1S/C20H20O5/c1-22-9-10-24-16-5-3-14(4-6-16)11-15-13-25-19-8-7-17(23-2)12-18(19)20(15)21/h3-8,11-12H,9-10,13H2,1-2H3/b15-11-. The van der Waals surface area contributed by atoms with Crippen LogP contribution >= 0.6 is 0 Å². The van der Waals surface area contributed by atoms with Gasteiger partial charge in [0, 0.05) is 12.7 Å². The van der Waals surface area contributed by atoms with Crippen LogP contribution in [0.2, 0.25) is 0 Å². The molecule has 5 nitrogen and oxygen atoms in total. The largest absolute Gasteiger partial charge is 0.497 e. The molecule has 2 aromatic carbocycles. The second-order valence-corrected chi connectivity index (χ2v) is 5.56. The number of Topliss-reactive ketones (excluding diaryl/α,β-unsaturated/α-hetero) is 1. The molecule has 0 N–H and O–H groups in total. The second kappa shape index (κ2) is 7.85. The van der Waals surface area contributed by atoms with E-state index in [1.54, 1.807) is 32.4 Å². The maximum Gasteiger partial charge on any atom is 0.196 e. The van der Waals surface area contributed by atoms with Crippen LogP contribution in [-0.2, 0) is 4.74 Å². The molecule has 1 aliphatic heterocycles. The van der Waals surface area contributed by atoms with Gasteiger partial charge in [-0.15, -0.1) is 0 Å². The Kier molecular flexibility index (Phi) is 5.36. The fraction of sp³-hybridized carbons (Fsp3) is 0.250. The molecule has 2 aromatic rings. The molecule has 25 heavy (non-hydrogen) atoms. The average molecular weight is 340 g/mol. The molecule has 0 saturated heterocycles. The number of benzene rings is 2. The minimum Gasteiger partial charge on any atom is -0.497 e. The molecule has 0 aromatic heterocycles. The molecule has 1 heterocycles. The molecule has 0 aliphatic carbocycles. The molecule has 0 bridgehead atoms. The van der Waals surface area contributed by atoms with Crippen LogP contribution in [0, 0.1) is 0 Å². The Bertz CT molecular complexity index is 777. The Balaban J connectivity index is 1.76. The highest BCUT2D eigenvalue weighted by atomic mass is 16.5. The van der Waals surface area contributed by atoms with Crippen molar-refractivity contribution in [2.75, 3.05) is 34.0 Å². The van der Waals surface area contributed by atoms with Crippen molar-refractivity contribution in [3.05, 3.63) is 59.2 Å². The predicted octanol–water partition coefficient (Wildman–Crippen LogP) is 3.38. The molecule has 5 heteroatoms. The Morgan fingerprint density at radius 2 is 1.80 bits per heavy atom. The first-order valence-electron chi connectivity index (χ1n) is 7.99. The first-order chi connectivity index (χ1) is 12.2. The summed E-state index contributed by atoms with van der Waals surface area (Å²) in [6, 6.07) is 12.8. The van der Waals surface area contributed by atoms with Crippen molar-refractivity contribution < 1.29 is 23.7 Å². The smallest absolute Gasteiger partial charge is 0.196 e. The van der Waals surface area contributed by atoms with Crippen LogP contribution in [0.1, 0.15) is 15.9 Å². The van der Waals surface area contributed by atoms with E-state index in [0.29, 0.717) is 35.8 Å². The SMILES string of the molecule is COCCOc1ccc(/C=C2/COc3ccc(OC)cc3C2=O)cc1. The van der Waals surface area contributed by atoms with Crippen molar-refractivity contribution in [3.63, 3.8) is 0 Å². The number of ether oxygens (including phenoxy) is 4. The maximum absolute atomic E-state index is 12.7. The zero-order valence-electron chi connectivity index (χ0n) is 14.3. The molecule has 3 rings (SSSR count).